The number of nitrogens with zero attached hydrogens (tertiary/aromatic N) is 1. The highest BCUT2D eigenvalue weighted by molar-refractivity contribution is 9.10. The quantitative estimate of drug-likeness (QED) is 0.815. The number of benzene rings is 1. The van der Waals surface area contributed by atoms with Gasteiger partial charge >= 0.3 is 6.18 Å². The van der Waals surface area contributed by atoms with E-state index in [0.717, 1.165) is 6.07 Å². The fourth-order valence-electron chi connectivity index (χ4n) is 1.86. The maximum Gasteiger partial charge on any atom is 0.416 e. The van der Waals surface area contributed by atoms with Crippen LogP contribution in [0.4, 0.5) is 19.0 Å². The van der Waals surface area contributed by atoms with E-state index in [9.17, 15) is 13.2 Å². The van der Waals surface area contributed by atoms with Gasteiger partial charge in [0.05, 0.1) is 12.2 Å². The number of rotatable bonds is 4. The third-order valence-corrected chi connectivity index (χ3v) is 3.52. The van der Waals surface area contributed by atoms with Crippen LogP contribution in [-0.2, 0) is 12.6 Å². The molecule has 0 saturated carbocycles. The molecule has 0 aliphatic rings. The normalized spacial score (nSPS) is 11.5. The number of ether oxygens (including phenoxy) is 1. The minimum atomic E-state index is -4.43. The Balaban J connectivity index is 2.12. The van der Waals surface area contributed by atoms with Crippen molar-refractivity contribution in [1.82, 2.24) is 4.98 Å². The number of halogens is 5. The second-order valence-corrected chi connectivity index (χ2v) is 5.79. The van der Waals surface area contributed by atoms with Gasteiger partial charge in [-0.15, -0.1) is 0 Å². The molecule has 0 unspecified atom stereocenters. The molecule has 22 heavy (non-hydrogen) atoms. The van der Waals surface area contributed by atoms with Gasteiger partial charge in [-0.3, -0.25) is 0 Å². The van der Waals surface area contributed by atoms with Crippen molar-refractivity contribution in [3.63, 3.8) is 0 Å². The molecule has 3 nitrogen and oxygen atoms in total. The molecule has 8 heteroatoms. The fourth-order valence-corrected chi connectivity index (χ4v) is 2.37. The van der Waals surface area contributed by atoms with Gasteiger partial charge in [-0.1, -0.05) is 11.6 Å². The number of alkyl halides is 3. The first kappa shape index (κ1) is 16.9. The molecule has 2 aromatic rings. The largest absolute Gasteiger partial charge is 0.489 e. The highest BCUT2D eigenvalue weighted by Crippen LogP contribution is 2.33. The van der Waals surface area contributed by atoms with E-state index in [2.05, 4.69) is 20.9 Å². The number of hydrogen-bond donors (Lipinski definition) is 1. The first-order valence-electron chi connectivity index (χ1n) is 6.17. The van der Waals surface area contributed by atoms with Crippen LogP contribution in [0.2, 0.25) is 5.02 Å². The minimum Gasteiger partial charge on any atom is -0.489 e. The predicted octanol–water partition coefficient (Wildman–Crippen LogP) is 4.72. The molecule has 1 aromatic heterocycles. The molecule has 0 amide bonds. The van der Waals surface area contributed by atoms with Gasteiger partial charge in [-0.2, -0.15) is 13.2 Å². The zero-order valence-electron chi connectivity index (χ0n) is 11.1. The average molecular weight is 396 g/mol. The van der Waals surface area contributed by atoms with Crippen LogP contribution < -0.4 is 10.5 Å². The molecule has 2 N–H and O–H groups in total. The number of anilines is 1. The van der Waals surface area contributed by atoms with Crippen molar-refractivity contribution in [2.75, 3.05) is 12.3 Å². The lowest BCUT2D eigenvalue weighted by Gasteiger charge is -2.14. The van der Waals surface area contributed by atoms with Crippen molar-refractivity contribution >= 4 is 33.3 Å². The Bertz CT molecular complexity index is 680. The highest BCUT2D eigenvalue weighted by atomic mass is 79.9. The predicted molar refractivity (Wildman–Crippen MR) is 82.0 cm³/mol. The molecule has 0 spiro atoms. The molecule has 1 heterocycles. The lowest BCUT2D eigenvalue weighted by Crippen LogP contribution is -2.12. The van der Waals surface area contributed by atoms with Gasteiger partial charge in [0.1, 0.15) is 0 Å². The van der Waals surface area contributed by atoms with Crippen molar-refractivity contribution in [2.24, 2.45) is 0 Å². The van der Waals surface area contributed by atoms with E-state index < -0.39 is 11.7 Å². The second-order valence-electron chi connectivity index (χ2n) is 4.43. The van der Waals surface area contributed by atoms with E-state index >= 15 is 0 Å². The summed E-state index contributed by atoms with van der Waals surface area (Å²) in [7, 11) is 0. The smallest absolute Gasteiger partial charge is 0.416 e. The van der Waals surface area contributed by atoms with Crippen LogP contribution in [0.3, 0.4) is 0 Å². The molecular formula is C14H11BrClF3N2O. The van der Waals surface area contributed by atoms with Crippen LogP contribution in [0.25, 0.3) is 0 Å². The monoisotopic (exact) mass is 394 g/mol. The van der Waals surface area contributed by atoms with Gasteiger partial charge in [0, 0.05) is 22.1 Å². The molecule has 0 bridgehead atoms. The van der Waals surface area contributed by atoms with Crippen molar-refractivity contribution in [3.05, 3.63) is 51.1 Å². The van der Waals surface area contributed by atoms with Crippen LogP contribution in [0.5, 0.6) is 5.75 Å². The van der Waals surface area contributed by atoms with Crippen molar-refractivity contribution < 1.29 is 17.9 Å². The van der Waals surface area contributed by atoms with Gasteiger partial charge in [0.15, 0.2) is 11.6 Å². The van der Waals surface area contributed by atoms with Crippen LogP contribution >= 0.6 is 27.5 Å². The summed E-state index contributed by atoms with van der Waals surface area (Å²) in [6.45, 7) is 0.0196. The zero-order valence-corrected chi connectivity index (χ0v) is 13.5. The maximum atomic E-state index is 12.9. The van der Waals surface area contributed by atoms with E-state index in [4.69, 9.17) is 22.1 Å². The zero-order chi connectivity index (χ0) is 16.3. The lowest BCUT2D eigenvalue weighted by molar-refractivity contribution is -0.138. The van der Waals surface area contributed by atoms with Gasteiger partial charge in [0.2, 0.25) is 0 Å². The van der Waals surface area contributed by atoms with E-state index in [1.165, 1.54) is 18.3 Å². The minimum absolute atomic E-state index is 0.0196. The summed E-state index contributed by atoms with van der Waals surface area (Å²) in [6, 6.07) is 5.07. The molecule has 0 atom stereocenters. The molecular weight excluding hydrogens is 385 g/mol. The summed E-state index contributed by atoms with van der Waals surface area (Å²) in [4.78, 5) is 3.88. The molecule has 0 radical (unpaired) electrons. The summed E-state index contributed by atoms with van der Waals surface area (Å²) in [5.74, 6) is 0.482. The van der Waals surface area contributed by atoms with Crippen LogP contribution in [0, 0.1) is 0 Å². The Morgan fingerprint density at radius 2 is 2.00 bits per heavy atom. The Kier molecular flexibility index (Phi) is 5.18. The number of pyridine rings is 1. The van der Waals surface area contributed by atoms with Crippen molar-refractivity contribution in [2.45, 2.75) is 12.6 Å². The second kappa shape index (κ2) is 6.75. The van der Waals surface area contributed by atoms with E-state index in [-0.39, 0.29) is 29.4 Å². The van der Waals surface area contributed by atoms with E-state index in [1.807, 2.05) is 0 Å². The van der Waals surface area contributed by atoms with Crippen LogP contribution in [0.1, 0.15) is 11.1 Å². The SMILES string of the molecule is Nc1ncc(Br)cc1OCCc1cc(Cl)ccc1C(F)(F)F. The Hall–Kier alpha value is -1.47. The summed E-state index contributed by atoms with van der Waals surface area (Å²) in [5.41, 5.74) is 4.98. The van der Waals surface area contributed by atoms with Gasteiger partial charge in [-0.25, -0.2) is 4.98 Å². The first-order chi connectivity index (χ1) is 10.3. The molecule has 1 aromatic carbocycles. The molecule has 0 aliphatic heterocycles. The van der Waals surface area contributed by atoms with Gasteiger partial charge in [0.25, 0.3) is 0 Å². The summed E-state index contributed by atoms with van der Waals surface area (Å²) in [6.07, 6.45) is -2.89. The summed E-state index contributed by atoms with van der Waals surface area (Å²) in [5, 5.41) is 0.242. The van der Waals surface area contributed by atoms with Crippen molar-refractivity contribution in [3.8, 4) is 5.75 Å². The molecule has 0 saturated heterocycles. The summed E-state index contributed by atoms with van der Waals surface area (Å²) >= 11 is 8.98. The third-order valence-electron chi connectivity index (χ3n) is 2.85. The lowest BCUT2D eigenvalue weighted by atomic mass is 10.0. The topological polar surface area (TPSA) is 48.1 Å². The third kappa shape index (κ3) is 4.27. The van der Waals surface area contributed by atoms with E-state index in [1.54, 1.807) is 6.07 Å². The fraction of sp³-hybridized carbons (Fsp3) is 0.214. The molecule has 118 valence electrons. The Morgan fingerprint density at radius 3 is 2.68 bits per heavy atom. The maximum absolute atomic E-state index is 12.9. The number of aromatic nitrogens is 1. The first-order valence-corrected chi connectivity index (χ1v) is 7.34. The molecule has 0 aliphatic carbocycles. The van der Waals surface area contributed by atoms with Crippen molar-refractivity contribution in [1.29, 1.82) is 0 Å². The Morgan fingerprint density at radius 1 is 1.27 bits per heavy atom. The van der Waals surface area contributed by atoms with Crippen LogP contribution in [0.15, 0.2) is 34.9 Å². The highest BCUT2D eigenvalue weighted by Gasteiger charge is 2.33. The van der Waals surface area contributed by atoms with Crippen LogP contribution in [-0.4, -0.2) is 11.6 Å². The molecule has 2 rings (SSSR count). The standard InChI is InChI=1S/C14H11BrClF3N2O/c15-9-6-12(13(20)21-7-9)22-4-3-8-5-10(16)1-2-11(8)14(17,18)19/h1-2,5-7H,3-4H2,(H2,20,21). The number of nitrogens with two attached hydrogens (primary N) is 1. The molecule has 0 fully saturated rings. The average Bonchev–Trinajstić information content (AvgIpc) is 2.41. The van der Waals surface area contributed by atoms with Gasteiger partial charge in [-0.05, 0) is 45.8 Å². The number of hydrogen-bond acceptors (Lipinski definition) is 3. The summed E-state index contributed by atoms with van der Waals surface area (Å²) < 4.78 is 44.8. The van der Waals surface area contributed by atoms with E-state index in [0.29, 0.717) is 10.2 Å². The number of nitrogen functional groups attached to an aromatic ring is 1. The van der Waals surface area contributed by atoms with Gasteiger partial charge < -0.3 is 10.5 Å². The Labute approximate surface area is 138 Å².